The van der Waals surface area contributed by atoms with E-state index in [0.29, 0.717) is 11.8 Å². The number of benzene rings is 1. The second-order valence-electron chi connectivity index (χ2n) is 8.29. The zero-order chi connectivity index (χ0) is 19.1. The fourth-order valence-electron chi connectivity index (χ4n) is 4.30. The van der Waals surface area contributed by atoms with Crippen LogP contribution in [0.1, 0.15) is 37.4 Å². The number of phenolic OH excluding ortho intramolecular Hbond substituents is 1. The Labute approximate surface area is 169 Å². The molecule has 0 bridgehead atoms. The maximum atomic E-state index is 10.7. The lowest BCUT2D eigenvalue weighted by atomic mass is 10.1. The maximum absolute atomic E-state index is 10.7. The molecule has 0 spiro atoms. The van der Waals surface area contributed by atoms with Crippen LogP contribution in [0.2, 0.25) is 0 Å². The lowest BCUT2D eigenvalue weighted by Crippen LogP contribution is -2.46. The topological polar surface area (TPSA) is 63.5 Å². The molecule has 1 aliphatic carbocycles. The Morgan fingerprint density at radius 3 is 2.96 bits per heavy atom. The summed E-state index contributed by atoms with van der Waals surface area (Å²) in [7, 11) is 1.99. The largest absolute Gasteiger partial charge is 0.507 e. The van der Waals surface area contributed by atoms with Crippen molar-refractivity contribution in [3.8, 4) is 5.75 Å². The smallest absolute Gasteiger partial charge is 0.171 e. The van der Waals surface area contributed by atoms with E-state index in [4.69, 9.17) is 0 Å². The van der Waals surface area contributed by atoms with Crippen LogP contribution in [0.5, 0.6) is 5.75 Å². The molecule has 1 unspecified atom stereocenters. The molecule has 148 valence electrons. The molecule has 1 saturated carbocycles. The molecule has 0 radical (unpaired) electrons. The van der Waals surface area contributed by atoms with E-state index in [1.807, 2.05) is 41.7 Å². The van der Waals surface area contributed by atoms with Gasteiger partial charge >= 0.3 is 0 Å². The summed E-state index contributed by atoms with van der Waals surface area (Å²) in [5.74, 6) is 2.06. The van der Waals surface area contributed by atoms with Gasteiger partial charge in [0.15, 0.2) is 12.0 Å². The number of fused-ring (bicyclic) bond motifs is 1. The Hall–Kier alpha value is -2.12. The Bertz CT molecular complexity index is 919. The molecule has 6 nitrogen and oxygen atoms in total. The number of nitrogens with one attached hydrogen (secondary N) is 1. The molecule has 1 aromatic heterocycles. The third-order valence-electron chi connectivity index (χ3n) is 5.97. The van der Waals surface area contributed by atoms with Crippen LogP contribution in [0.3, 0.4) is 0 Å². The van der Waals surface area contributed by atoms with Gasteiger partial charge in [-0.05, 0) is 61.7 Å². The molecule has 2 atom stereocenters. The van der Waals surface area contributed by atoms with Crippen LogP contribution >= 0.6 is 11.3 Å². The first-order valence-corrected chi connectivity index (χ1v) is 11.1. The van der Waals surface area contributed by atoms with Crippen molar-refractivity contribution in [1.29, 1.82) is 0 Å². The minimum absolute atomic E-state index is 0.299. The second-order valence-corrected chi connectivity index (χ2v) is 9.24. The highest BCUT2D eigenvalue weighted by molar-refractivity contribution is 7.17. The standard InChI is InChI=1S/C21H27N5OS/c1-25-13-19(22-15-3-2-9-26(12-15)11-14-4-5-14)23-24-21(25)17-6-7-18-16(20(17)27)8-10-28-18/h6-8,10,13-15,21-22,27H,2-5,9,11-12H2,1H3/t15?,21-/m0/s1. The molecule has 28 heavy (non-hydrogen) atoms. The summed E-state index contributed by atoms with van der Waals surface area (Å²) in [6.07, 6.45) is 6.94. The number of thiophene rings is 1. The second kappa shape index (κ2) is 7.37. The van der Waals surface area contributed by atoms with Crippen molar-refractivity contribution < 1.29 is 5.11 Å². The molecule has 7 heteroatoms. The van der Waals surface area contributed by atoms with Crippen molar-refractivity contribution in [2.45, 2.75) is 37.9 Å². The van der Waals surface area contributed by atoms with E-state index in [2.05, 4.69) is 20.4 Å². The van der Waals surface area contributed by atoms with E-state index in [1.54, 1.807) is 11.3 Å². The summed E-state index contributed by atoms with van der Waals surface area (Å²) < 4.78 is 1.09. The third-order valence-corrected chi connectivity index (χ3v) is 6.86. The van der Waals surface area contributed by atoms with Crippen molar-refractivity contribution >= 4 is 21.4 Å². The number of aromatic hydroxyl groups is 1. The molecule has 3 heterocycles. The number of hydrogen-bond donors (Lipinski definition) is 2. The Morgan fingerprint density at radius 2 is 2.14 bits per heavy atom. The van der Waals surface area contributed by atoms with Gasteiger partial charge in [0, 0.05) is 48.0 Å². The first kappa shape index (κ1) is 17.9. The van der Waals surface area contributed by atoms with Crippen LogP contribution < -0.4 is 5.32 Å². The molecule has 0 amide bonds. The number of nitrogens with zero attached hydrogens (tertiary/aromatic N) is 4. The third kappa shape index (κ3) is 3.61. The van der Waals surface area contributed by atoms with Crippen molar-refractivity contribution in [2.24, 2.45) is 16.1 Å². The van der Waals surface area contributed by atoms with Crippen LogP contribution in [0.15, 0.2) is 45.8 Å². The van der Waals surface area contributed by atoms with Crippen molar-refractivity contribution in [2.75, 3.05) is 26.7 Å². The summed E-state index contributed by atoms with van der Waals surface area (Å²) in [6, 6.07) is 6.39. The Morgan fingerprint density at radius 1 is 1.25 bits per heavy atom. The summed E-state index contributed by atoms with van der Waals surface area (Å²) in [6.45, 7) is 3.57. The van der Waals surface area contributed by atoms with Crippen molar-refractivity contribution in [3.63, 3.8) is 0 Å². The van der Waals surface area contributed by atoms with Gasteiger partial charge < -0.3 is 20.2 Å². The molecule has 2 aromatic rings. The van der Waals surface area contributed by atoms with Crippen LogP contribution in [-0.2, 0) is 0 Å². The van der Waals surface area contributed by atoms with E-state index >= 15 is 0 Å². The molecule has 2 aliphatic heterocycles. The molecule has 2 fully saturated rings. The monoisotopic (exact) mass is 397 g/mol. The van der Waals surface area contributed by atoms with Crippen LogP contribution in [0, 0.1) is 5.92 Å². The van der Waals surface area contributed by atoms with Gasteiger partial charge in [0.25, 0.3) is 0 Å². The molecular formula is C21H27N5OS. The number of azo groups is 1. The number of likely N-dealkylation sites (tertiary alicyclic amines) is 1. The van der Waals surface area contributed by atoms with Gasteiger partial charge in [-0.2, -0.15) is 5.11 Å². The molecular weight excluding hydrogens is 370 g/mol. The Balaban J connectivity index is 1.26. The highest BCUT2D eigenvalue weighted by Gasteiger charge is 2.29. The van der Waals surface area contributed by atoms with E-state index < -0.39 is 0 Å². The van der Waals surface area contributed by atoms with E-state index in [-0.39, 0.29) is 6.17 Å². The zero-order valence-electron chi connectivity index (χ0n) is 16.2. The van der Waals surface area contributed by atoms with Crippen LogP contribution in [-0.4, -0.2) is 47.6 Å². The van der Waals surface area contributed by atoms with Gasteiger partial charge in [0.1, 0.15) is 5.75 Å². The SMILES string of the molecule is CN1C=C(NC2CCCN(CC3CC3)C2)N=N[C@@H]1c1ccc2sccc2c1O. The predicted octanol–water partition coefficient (Wildman–Crippen LogP) is 4.27. The normalized spacial score (nSPS) is 25.9. The summed E-state index contributed by atoms with van der Waals surface area (Å²) in [4.78, 5) is 4.62. The quantitative estimate of drug-likeness (QED) is 0.791. The first-order chi connectivity index (χ1) is 13.7. The van der Waals surface area contributed by atoms with Gasteiger partial charge in [0.05, 0.1) is 0 Å². The first-order valence-electron chi connectivity index (χ1n) is 10.2. The number of piperidine rings is 1. The molecule has 2 N–H and O–H groups in total. The molecule has 3 aliphatic rings. The zero-order valence-corrected chi connectivity index (χ0v) is 17.0. The minimum atomic E-state index is -0.299. The van der Waals surface area contributed by atoms with Crippen molar-refractivity contribution in [1.82, 2.24) is 15.1 Å². The van der Waals surface area contributed by atoms with Crippen molar-refractivity contribution in [3.05, 3.63) is 41.2 Å². The molecule has 5 rings (SSSR count). The predicted molar refractivity (Wildman–Crippen MR) is 112 cm³/mol. The summed E-state index contributed by atoms with van der Waals surface area (Å²) >= 11 is 1.63. The fourth-order valence-corrected chi connectivity index (χ4v) is 5.09. The van der Waals surface area contributed by atoms with E-state index in [0.717, 1.165) is 33.9 Å². The van der Waals surface area contributed by atoms with Gasteiger partial charge in [-0.15, -0.1) is 16.5 Å². The number of hydrogen-bond acceptors (Lipinski definition) is 7. The van der Waals surface area contributed by atoms with Gasteiger partial charge in [-0.3, -0.25) is 0 Å². The van der Waals surface area contributed by atoms with Gasteiger partial charge in [0.2, 0.25) is 0 Å². The highest BCUT2D eigenvalue weighted by Crippen LogP contribution is 2.38. The minimum Gasteiger partial charge on any atom is -0.507 e. The van der Waals surface area contributed by atoms with E-state index in [1.165, 1.54) is 38.8 Å². The van der Waals surface area contributed by atoms with E-state index in [9.17, 15) is 5.11 Å². The highest BCUT2D eigenvalue weighted by atomic mass is 32.1. The lowest BCUT2D eigenvalue weighted by molar-refractivity contribution is 0.187. The lowest BCUT2D eigenvalue weighted by Gasteiger charge is -2.34. The Kier molecular flexibility index (Phi) is 4.72. The van der Waals surface area contributed by atoms with Gasteiger partial charge in [-0.25, -0.2) is 0 Å². The summed E-state index contributed by atoms with van der Waals surface area (Å²) in [5, 5.41) is 26.1. The van der Waals surface area contributed by atoms with Crippen LogP contribution in [0.4, 0.5) is 0 Å². The summed E-state index contributed by atoms with van der Waals surface area (Å²) in [5.41, 5.74) is 0.792. The molecule has 1 aromatic carbocycles. The fraction of sp³-hybridized carbons (Fsp3) is 0.524. The number of phenols is 1. The van der Waals surface area contributed by atoms with Crippen LogP contribution in [0.25, 0.3) is 10.1 Å². The molecule has 1 saturated heterocycles. The average Bonchev–Trinajstić information content (AvgIpc) is 3.36. The van der Waals surface area contributed by atoms with Gasteiger partial charge in [-0.1, -0.05) is 0 Å². The number of rotatable bonds is 5. The maximum Gasteiger partial charge on any atom is 0.171 e. The average molecular weight is 398 g/mol.